The highest BCUT2D eigenvalue weighted by atomic mass is 19.1. The van der Waals surface area contributed by atoms with Crippen LogP contribution in [-0.2, 0) is 16.1 Å². The molecule has 0 fully saturated rings. The minimum absolute atomic E-state index is 0.232. The fraction of sp³-hybridized carbons (Fsp3) is 0.533. The lowest BCUT2D eigenvalue weighted by Gasteiger charge is -2.26. The van der Waals surface area contributed by atoms with Crippen molar-refractivity contribution in [2.75, 3.05) is 13.2 Å². The van der Waals surface area contributed by atoms with E-state index in [0.29, 0.717) is 19.4 Å². The summed E-state index contributed by atoms with van der Waals surface area (Å²) in [5.41, 5.74) is 6.25. The van der Waals surface area contributed by atoms with Crippen molar-refractivity contribution in [2.24, 2.45) is 11.1 Å². The number of ether oxygens (including phenoxy) is 1. The van der Waals surface area contributed by atoms with E-state index in [2.05, 4.69) is 0 Å². The van der Waals surface area contributed by atoms with Crippen LogP contribution in [-0.4, -0.2) is 19.2 Å². The zero-order valence-corrected chi connectivity index (χ0v) is 11.4. The Labute approximate surface area is 113 Å². The van der Waals surface area contributed by atoms with Gasteiger partial charge in [0.05, 0.1) is 13.1 Å². The number of hydrogen-bond donors (Lipinski definition) is 1. The standard InChI is InChI=1S/C15H22FNO2/c1-15(12-17,8-5-9-16)10-14(18)19-11-13-6-3-2-4-7-13/h2-4,6-7H,5,8-12,17H2,1H3. The smallest absolute Gasteiger partial charge is 0.306 e. The largest absolute Gasteiger partial charge is 0.461 e. The minimum atomic E-state index is -0.380. The molecule has 0 aromatic heterocycles. The third-order valence-corrected chi connectivity index (χ3v) is 3.22. The second-order valence-electron chi connectivity index (χ2n) is 5.13. The second-order valence-corrected chi connectivity index (χ2v) is 5.13. The van der Waals surface area contributed by atoms with Crippen molar-refractivity contribution in [3.63, 3.8) is 0 Å². The van der Waals surface area contributed by atoms with E-state index in [0.717, 1.165) is 5.56 Å². The predicted molar refractivity (Wildman–Crippen MR) is 73.2 cm³/mol. The van der Waals surface area contributed by atoms with Gasteiger partial charge in [-0.2, -0.15) is 0 Å². The second kappa shape index (κ2) is 7.89. The van der Waals surface area contributed by atoms with Gasteiger partial charge in [0, 0.05) is 0 Å². The number of carbonyl (C=O) groups is 1. The SMILES string of the molecule is CC(CN)(CCCF)CC(=O)OCc1ccccc1. The molecule has 0 amide bonds. The van der Waals surface area contributed by atoms with E-state index in [1.165, 1.54) is 0 Å². The van der Waals surface area contributed by atoms with Gasteiger partial charge in [-0.05, 0) is 30.4 Å². The summed E-state index contributed by atoms with van der Waals surface area (Å²) in [6, 6.07) is 9.51. The fourth-order valence-corrected chi connectivity index (χ4v) is 1.89. The van der Waals surface area contributed by atoms with Gasteiger partial charge < -0.3 is 10.5 Å². The van der Waals surface area contributed by atoms with Crippen molar-refractivity contribution in [1.82, 2.24) is 0 Å². The van der Waals surface area contributed by atoms with Crippen LogP contribution in [0.15, 0.2) is 30.3 Å². The van der Waals surface area contributed by atoms with E-state index < -0.39 is 0 Å². The maximum Gasteiger partial charge on any atom is 0.306 e. The molecule has 0 aliphatic heterocycles. The molecule has 0 aliphatic carbocycles. The molecule has 0 spiro atoms. The van der Waals surface area contributed by atoms with Gasteiger partial charge in [0.15, 0.2) is 0 Å². The predicted octanol–water partition coefficient (Wildman–Crippen LogP) is 2.83. The van der Waals surface area contributed by atoms with E-state index in [-0.39, 0.29) is 31.1 Å². The molecule has 0 aliphatic rings. The van der Waals surface area contributed by atoms with Gasteiger partial charge in [0.2, 0.25) is 0 Å². The van der Waals surface area contributed by atoms with E-state index in [1.54, 1.807) is 0 Å². The first-order chi connectivity index (χ1) is 9.09. The average molecular weight is 267 g/mol. The van der Waals surface area contributed by atoms with Crippen LogP contribution in [0, 0.1) is 5.41 Å². The Kier molecular flexibility index (Phi) is 6.50. The van der Waals surface area contributed by atoms with Crippen LogP contribution in [0.2, 0.25) is 0 Å². The molecule has 2 N–H and O–H groups in total. The third kappa shape index (κ3) is 5.83. The maximum absolute atomic E-state index is 12.2. The quantitative estimate of drug-likeness (QED) is 0.737. The van der Waals surface area contributed by atoms with E-state index in [9.17, 15) is 9.18 Å². The van der Waals surface area contributed by atoms with Crippen molar-refractivity contribution < 1.29 is 13.9 Å². The Bertz CT molecular complexity index is 383. The summed E-state index contributed by atoms with van der Waals surface area (Å²) in [7, 11) is 0. The van der Waals surface area contributed by atoms with Crippen LogP contribution in [0.1, 0.15) is 31.7 Å². The van der Waals surface area contributed by atoms with Crippen LogP contribution >= 0.6 is 0 Å². The Balaban J connectivity index is 2.41. The van der Waals surface area contributed by atoms with Gasteiger partial charge in [0.1, 0.15) is 6.61 Å². The van der Waals surface area contributed by atoms with Gasteiger partial charge in [-0.25, -0.2) is 0 Å². The Morgan fingerprint density at radius 2 is 2.05 bits per heavy atom. The van der Waals surface area contributed by atoms with Gasteiger partial charge in [-0.1, -0.05) is 37.3 Å². The van der Waals surface area contributed by atoms with Gasteiger partial charge in [0.25, 0.3) is 0 Å². The first kappa shape index (κ1) is 15.6. The molecule has 1 atom stereocenters. The zero-order valence-electron chi connectivity index (χ0n) is 11.4. The highest BCUT2D eigenvalue weighted by Crippen LogP contribution is 2.27. The van der Waals surface area contributed by atoms with E-state index in [4.69, 9.17) is 10.5 Å². The number of rotatable bonds is 8. The molecule has 1 aromatic rings. The Morgan fingerprint density at radius 1 is 1.37 bits per heavy atom. The molecule has 1 unspecified atom stereocenters. The molecule has 1 aromatic carbocycles. The van der Waals surface area contributed by atoms with E-state index in [1.807, 2.05) is 37.3 Å². The molecule has 1 rings (SSSR count). The number of halogens is 1. The van der Waals surface area contributed by atoms with Crippen molar-refractivity contribution in [1.29, 1.82) is 0 Å². The number of esters is 1. The summed E-state index contributed by atoms with van der Waals surface area (Å²) >= 11 is 0. The first-order valence-corrected chi connectivity index (χ1v) is 6.55. The summed E-state index contributed by atoms with van der Waals surface area (Å²) in [4.78, 5) is 11.8. The number of nitrogens with two attached hydrogens (primary N) is 1. The first-order valence-electron chi connectivity index (χ1n) is 6.55. The van der Waals surface area contributed by atoms with Gasteiger partial charge in [-0.3, -0.25) is 9.18 Å². The molecular formula is C15H22FNO2. The Morgan fingerprint density at radius 3 is 2.63 bits per heavy atom. The lowest BCUT2D eigenvalue weighted by molar-refractivity contribution is -0.147. The molecule has 19 heavy (non-hydrogen) atoms. The summed E-state index contributed by atoms with van der Waals surface area (Å²) in [6.45, 7) is 2.14. The van der Waals surface area contributed by atoms with Crippen LogP contribution in [0.4, 0.5) is 4.39 Å². The van der Waals surface area contributed by atoms with Crippen molar-refractivity contribution in [3.8, 4) is 0 Å². The van der Waals surface area contributed by atoms with Crippen LogP contribution in [0.3, 0.4) is 0 Å². The van der Waals surface area contributed by atoms with Crippen molar-refractivity contribution in [2.45, 2.75) is 32.8 Å². The highest BCUT2D eigenvalue weighted by molar-refractivity contribution is 5.70. The monoisotopic (exact) mass is 267 g/mol. The van der Waals surface area contributed by atoms with Crippen LogP contribution in [0.25, 0.3) is 0 Å². The summed E-state index contributed by atoms with van der Waals surface area (Å²) in [5, 5.41) is 0. The molecule has 0 saturated carbocycles. The maximum atomic E-state index is 12.2. The number of carbonyl (C=O) groups excluding carboxylic acids is 1. The summed E-state index contributed by atoms with van der Waals surface area (Å²) in [6.07, 6.45) is 1.26. The third-order valence-electron chi connectivity index (χ3n) is 3.22. The molecule has 4 heteroatoms. The van der Waals surface area contributed by atoms with Crippen LogP contribution in [0.5, 0.6) is 0 Å². The fourth-order valence-electron chi connectivity index (χ4n) is 1.89. The summed E-state index contributed by atoms with van der Waals surface area (Å²) < 4.78 is 17.4. The van der Waals surface area contributed by atoms with Crippen LogP contribution < -0.4 is 5.73 Å². The molecule has 106 valence electrons. The van der Waals surface area contributed by atoms with E-state index >= 15 is 0 Å². The van der Waals surface area contributed by atoms with Crippen molar-refractivity contribution in [3.05, 3.63) is 35.9 Å². The van der Waals surface area contributed by atoms with Gasteiger partial charge in [-0.15, -0.1) is 0 Å². The van der Waals surface area contributed by atoms with Crippen molar-refractivity contribution >= 4 is 5.97 Å². The molecule has 0 saturated heterocycles. The normalized spacial score (nSPS) is 13.8. The summed E-state index contributed by atoms with van der Waals surface area (Å²) in [5.74, 6) is -0.282. The Hall–Kier alpha value is -1.42. The topological polar surface area (TPSA) is 52.3 Å². The lowest BCUT2D eigenvalue weighted by atomic mass is 9.82. The number of benzene rings is 1. The number of alkyl halides is 1. The molecule has 0 bridgehead atoms. The highest BCUT2D eigenvalue weighted by Gasteiger charge is 2.26. The molecule has 0 heterocycles. The molecule has 0 radical (unpaired) electrons. The zero-order chi connectivity index (χ0) is 14.1. The average Bonchev–Trinajstić information content (AvgIpc) is 2.44. The molecule has 3 nitrogen and oxygen atoms in total. The lowest BCUT2D eigenvalue weighted by Crippen LogP contribution is -2.30. The van der Waals surface area contributed by atoms with Gasteiger partial charge >= 0.3 is 5.97 Å². The minimum Gasteiger partial charge on any atom is -0.461 e. The number of hydrogen-bond acceptors (Lipinski definition) is 3. The molecular weight excluding hydrogens is 245 g/mol.